The van der Waals surface area contributed by atoms with Crippen molar-refractivity contribution in [2.45, 2.75) is 32.9 Å². The van der Waals surface area contributed by atoms with Crippen molar-refractivity contribution < 1.29 is 14.0 Å². The second-order valence-electron chi connectivity index (χ2n) is 7.26. The van der Waals surface area contributed by atoms with Crippen molar-refractivity contribution >= 4 is 23.3 Å². The zero-order valence-electron chi connectivity index (χ0n) is 17.7. The van der Waals surface area contributed by atoms with Crippen LogP contribution in [0.5, 0.6) is 0 Å². The van der Waals surface area contributed by atoms with Crippen LogP contribution in [-0.2, 0) is 0 Å². The third-order valence-corrected chi connectivity index (χ3v) is 6.08. The van der Waals surface area contributed by atoms with Crippen LogP contribution in [-0.4, -0.2) is 37.1 Å². The Labute approximate surface area is 183 Å². The smallest absolute Gasteiger partial charge is 0.196 e. The normalized spacial score (nSPS) is 11.1. The summed E-state index contributed by atoms with van der Waals surface area (Å²) in [7, 11) is 0. The van der Waals surface area contributed by atoms with Crippen LogP contribution in [0, 0.1) is 20.8 Å². The highest BCUT2D eigenvalue weighted by Gasteiger charge is 2.23. The van der Waals surface area contributed by atoms with E-state index in [1.165, 1.54) is 18.7 Å². The van der Waals surface area contributed by atoms with Gasteiger partial charge in [-0.15, -0.1) is 10.2 Å². The number of H-pyrrole nitrogens is 1. The molecule has 3 heterocycles. The van der Waals surface area contributed by atoms with Crippen molar-refractivity contribution in [2.75, 3.05) is 5.75 Å². The number of hydrogen-bond acceptors (Lipinski definition) is 6. The van der Waals surface area contributed by atoms with Crippen molar-refractivity contribution in [3.8, 4) is 17.1 Å². The first-order chi connectivity index (χ1) is 14.9. The summed E-state index contributed by atoms with van der Waals surface area (Å²) >= 11 is 1.31. The fraction of sp³-hybridized carbons (Fsp3) is 0.217. The molecule has 0 amide bonds. The number of aromatic amines is 1. The highest BCUT2D eigenvalue weighted by atomic mass is 32.2. The number of Topliss-reactive ketones (excluding diaryl/α,β-unsaturated/α-hetero) is 2. The van der Waals surface area contributed by atoms with E-state index in [0.29, 0.717) is 33.5 Å². The molecule has 0 aliphatic rings. The molecule has 0 saturated carbocycles. The minimum absolute atomic E-state index is 0.0538. The Hall–Kier alpha value is -3.39. The molecule has 0 aliphatic carbocycles. The Morgan fingerprint density at radius 2 is 1.84 bits per heavy atom. The van der Waals surface area contributed by atoms with Gasteiger partial charge in [-0.05, 0) is 51.5 Å². The van der Waals surface area contributed by atoms with Crippen LogP contribution in [0.2, 0.25) is 0 Å². The zero-order valence-corrected chi connectivity index (χ0v) is 18.5. The lowest BCUT2D eigenvalue weighted by atomic mass is 10.1. The van der Waals surface area contributed by atoms with E-state index in [1.54, 1.807) is 20.1 Å². The van der Waals surface area contributed by atoms with Crippen LogP contribution >= 0.6 is 11.8 Å². The molecule has 0 bridgehead atoms. The quantitative estimate of drug-likeness (QED) is 0.326. The largest absolute Gasteiger partial charge is 0.469 e. The van der Waals surface area contributed by atoms with Gasteiger partial charge in [0.15, 0.2) is 22.5 Å². The van der Waals surface area contributed by atoms with Crippen molar-refractivity contribution in [2.24, 2.45) is 0 Å². The van der Waals surface area contributed by atoms with E-state index in [-0.39, 0.29) is 17.3 Å². The van der Waals surface area contributed by atoms with Gasteiger partial charge in [-0.25, -0.2) is 0 Å². The third-order valence-electron chi connectivity index (χ3n) is 5.15. The summed E-state index contributed by atoms with van der Waals surface area (Å²) in [6.45, 7) is 6.98. The molecule has 8 heteroatoms. The second-order valence-corrected chi connectivity index (χ2v) is 8.20. The lowest BCUT2D eigenvalue weighted by molar-refractivity contribution is 0.101. The molecule has 158 valence electrons. The summed E-state index contributed by atoms with van der Waals surface area (Å²) in [6.07, 6.45) is 1.62. The molecular formula is C23H22N4O3S. The first kappa shape index (κ1) is 20.9. The standard InChI is InChI=1S/C23H22N4O3S/c1-13-20(15(3)28)14(2)24-21(13)19(29)12-31-23-26-25-22(18-10-11-30-16(18)4)27(23)17-8-6-5-7-9-17/h5-11,24H,12H2,1-4H3. The van der Waals surface area contributed by atoms with Gasteiger partial charge in [0.1, 0.15) is 5.76 Å². The van der Waals surface area contributed by atoms with E-state index in [1.807, 2.05) is 47.9 Å². The van der Waals surface area contributed by atoms with Crippen LogP contribution in [0.4, 0.5) is 0 Å². The molecule has 31 heavy (non-hydrogen) atoms. The Balaban J connectivity index is 1.66. The maximum Gasteiger partial charge on any atom is 0.196 e. The number of benzene rings is 1. The lowest BCUT2D eigenvalue weighted by Gasteiger charge is -2.09. The van der Waals surface area contributed by atoms with Gasteiger partial charge in [-0.3, -0.25) is 14.2 Å². The number of carbonyl (C=O) groups excluding carboxylic acids is 2. The number of aryl methyl sites for hydroxylation is 2. The van der Waals surface area contributed by atoms with Gasteiger partial charge in [0.25, 0.3) is 0 Å². The van der Waals surface area contributed by atoms with E-state index in [0.717, 1.165) is 17.0 Å². The monoisotopic (exact) mass is 434 g/mol. The molecular weight excluding hydrogens is 412 g/mol. The summed E-state index contributed by atoms with van der Waals surface area (Å²) in [6, 6.07) is 11.6. The highest BCUT2D eigenvalue weighted by Crippen LogP contribution is 2.31. The Kier molecular flexibility index (Phi) is 5.65. The maximum absolute atomic E-state index is 12.9. The predicted octanol–water partition coefficient (Wildman–Crippen LogP) is 4.96. The summed E-state index contributed by atoms with van der Waals surface area (Å²) in [5.41, 5.74) is 4.18. The Bertz CT molecular complexity index is 1270. The molecule has 0 atom stereocenters. The minimum Gasteiger partial charge on any atom is -0.469 e. The van der Waals surface area contributed by atoms with Gasteiger partial charge in [0, 0.05) is 16.9 Å². The van der Waals surface area contributed by atoms with Gasteiger partial charge in [0.05, 0.1) is 23.3 Å². The van der Waals surface area contributed by atoms with Crippen molar-refractivity contribution in [3.05, 3.63) is 70.9 Å². The Morgan fingerprint density at radius 3 is 2.45 bits per heavy atom. The molecule has 1 aromatic carbocycles. The zero-order chi connectivity index (χ0) is 22.1. The van der Waals surface area contributed by atoms with Crippen LogP contribution in [0.15, 0.2) is 52.2 Å². The highest BCUT2D eigenvalue weighted by molar-refractivity contribution is 7.99. The third kappa shape index (κ3) is 3.86. The topological polar surface area (TPSA) is 93.8 Å². The Morgan fingerprint density at radius 1 is 1.10 bits per heavy atom. The summed E-state index contributed by atoms with van der Waals surface area (Å²) in [4.78, 5) is 27.9. The summed E-state index contributed by atoms with van der Waals surface area (Å²) < 4.78 is 7.37. The predicted molar refractivity (Wildman–Crippen MR) is 119 cm³/mol. The molecule has 3 aromatic heterocycles. The van der Waals surface area contributed by atoms with Gasteiger partial charge < -0.3 is 9.40 Å². The number of aromatic nitrogens is 4. The SMILES string of the molecule is CC(=O)c1c(C)[nH]c(C(=O)CSc2nnc(-c3ccoc3C)n2-c2ccccc2)c1C. The average Bonchev–Trinajstić information content (AvgIpc) is 3.43. The molecule has 4 aromatic rings. The number of para-hydroxylation sites is 1. The number of ketones is 2. The maximum atomic E-state index is 12.9. The van der Waals surface area contributed by atoms with Crippen molar-refractivity contribution in [1.29, 1.82) is 0 Å². The fourth-order valence-corrected chi connectivity index (χ4v) is 4.55. The number of hydrogen-bond donors (Lipinski definition) is 1. The average molecular weight is 435 g/mol. The molecule has 0 radical (unpaired) electrons. The number of furan rings is 1. The summed E-state index contributed by atoms with van der Waals surface area (Å²) in [5.74, 6) is 1.40. The van der Waals surface area contributed by atoms with Crippen molar-refractivity contribution in [3.63, 3.8) is 0 Å². The second kappa shape index (κ2) is 8.39. The van der Waals surface area contributed by atoms with E-state index in [2.05, 4.69) is 15.2 Å². The first-order valence-corrected chi connectivity index (χ1v) is 10.8. The van der Waals surface area contributed by atoms with E-state index >= 15 is 0 Å². The molecule has 7 nitrogen and oxygen atoms in total. The molecule has 0 spiro atoms. The minimum atomic E-state index is -0.0956. The fourth-order valence-electron chi connectivity index (χ4n) is 3.72. The van der Waals surface area contributed by atoms with E-state index in [9.17, 15) is 9.59 Å². The van der Waals surface area contributed by atoms with Crippen LogP contribution < -0.4 is 0 Å². The van der Waals surface area contributed by atoms with E-state index in [4.69, 9.17) is 4.42 Å². The lowest BCUT2D eigenvalue weighted by Crippen LogP contribution is -2.07. The van der Waals surface area contributed by atoms with Gasteiger partial charge in [-0.2, -0.15) is 0 Å². The molecule has 0 aliphatic heterocycles. The number of thioether (sulfide) groups is 1. The molecule has 4 rings (SSSR count). The molecule has 0 unspecified atom stereocenters. The van der Waals surface area contributed by atoms with Crippen LogP contribution in [0.25, 0.3) is 17.1 Å². The number of nitrogens with one attached hydrogen (secondary N) is 1. The van der Waals surface area contributed by atoms with Gasteiger partial charge in [0.2, 0.25) is 0 Å². The van der Waals surface area contributed by atoms with Gasteiger partial charge >= 0.3 is 0 Å². The summed E-state index contributed by atoms with van der Waals surface area (Å²) in [5, 5.41) is 9.32. The first-order valence-electron chi connectivity index (χ1n) is 9.80. The van der Waals surface area contributed by atoms with Crippen molar-refractivity contribution in [1.82, 2.24) is 19.7 Å². The van der Waals surface area contributed by atoms with Gasteiger partial charge in [-0.1, -0.05) is 30.0 Å². The number of rotatable bonds is 7. The van der Waals surface area contributed by atoms with E-state index < -0.39 is 0 Å². The number of nitrogens with zero attached hydrogens (tertiary/aromatic N) is 3. The van der Waals surface area contributed by atoms with Crippen LogP contribution in [0.1, 0.15) is 44.8 Å². The number of carbonyl (C=O) groups is 2. The molecule has 0 fully saturated rings. The molecule has 1 N–H and O–H groups in total. The molecule has 0 saturated heterocycles. The van der Waals surface area contributed by atoms with Crippen LogP contribution in [0.3, 0.4) is 0 Å².